The van der Waals surface area contributed by atoms with Crippen LogP contribution < -0.4 is 15.8 Å². The SMILES string of the molecule is CC(NC(C)c1nc2ccccc2n1-c1ccc(Oc2ccc(C(F)(F)F)cc2)cc1)C(N)=O. The van der Waals surface area contributed by atoms with E-state index in [9.17, 15) is 18.0 Å². The number of para-hydroxylation sites is 2. The van der Waals surface area contributed by atoms with E-state index < -0.39 is 23.7 Å². The van der Waals surface area contributed by atoms with Gasteiger partial charge in [0.25, 0.3) is 0 Å². The Bertz CT molecular complexity index is 1300. The van der Waals surface area contributed by atoms with Crippen LogP contribution in [0.4, 0.5) is 13.2 Å². The molecule has 0 aliphatic carbocycles. The predicted molar refractivity (Wildman–Crippen MR) is 123 cm³/mol. The number of nitrogens with zero attached hydrogens (tertiary/aromatic N) is 2. The number of benzene rings is 3. The third kappa shape index (κ3) is 4.89. The molecule has 0 saturated carbocycles. The molecule has 0 radical (unpaired) electrons. The highest BCUT2D eigenvalue weighted by Gasteiger charge is 2.30. The third-order valence-electron chi connectivity index (χ3n) is 5.41. The summed E-state index contributed by atoms with van der Waals surface area (Å²) in [5, 5.41) is 3.16. The summed E-state index contributed by atoms with van der Waals surface area (Å²) < 4.78 is 46.0. The number of rotatable bonds is 7. The quantitative estimate of drug-likeness (QED) is 0.383. The summed E-state index contributed by atoms with van der Waals surface area (Å²) in [5.41, 5.74) is 7.15. The van der Waals surface area contributed by atoms with Gasteiger partial charge in [0.15, 0.2) is 0 Å². The molecule has 1 amide bonds. The minimum atomic E-state index is -4.40. The first-order valence-corrected chi connectivity index (χ1v) is 10.6. The molecule has 0 saturated heterocycles. The molecule has 34 heavy (non-hydrogen) atoms. The van der Waals surface area contributed by atoms with Gasteiger partial charge >= 0.3 is 6.18 Å². The number of amides is 1. The number of nitrogens with two attached hydrogens (primary N) is 1. The van der Waals surface area contributed by atoms with Crippen LogP contribution >= 0.6 is 0 Å². The highest BCUT2D eigenvalue weighted by Crippen LogP contribution is 2.32. The fourth-order valence-corrected chi connectivity index (χ4v) is 3.65. The van der Waals surface area contributed by atoms with Gasteiger partial charge in [0, 0.05) is 5.69 Å². The number of aromatic nitrogens is 2. The summed E-state index contributed by atoms with van der Waals surface area (Å²) in [5.74, 6) is 1.01. The molecule has 0 spiro atoms. The van der Waals surface area contributed by atoms with Crippen molar-refractivity contribution in [3.8, 4) is 17.2 Å². The van der Waals surface area contributed by atoms with Crippen molar-refractivity contribution in [2.45, 2.75) is 32.1 Å². The summed E-state index contributed by atoms with van der Waals surface area (Å²) in [6.45, 7) is 3.60. The van der Waals surface area contributed by atoms with E-state index >= 15 is 0 Å². The maximum absolute atomic E-state index is 12.8. The number of ether oxygens (including phenoxy) is 1. The van der Waals surface area contributed by atoms with Crippen LogP contribution in [0.3, 0.4) is 0 Å². The van der Waals surface area contributed by atoms with Crippen LogP contribution in [0.5, 0.6) is 11.5 Å². The van der Waals surface area contributed by atoms with Crippen molar-refractivity contribution in [1.82, 2.24) is 14.9 Å². The summed E-state index contributed by atoms with van der Waals surface area (Å²) in [6.07, 6.45) is -4.40. The van der Waals surface area contributed by atoms with Crippen molar-refractivity contribution in [2.24, 2.45) is 5.73 Å². The van der Waals surface area contributed by atoms with Gasteiger partial charge in [-0.3, -0.25) is 14.7 Å². The molecule has 1 heterocycles. The van der Waals surface area contributed by atoms with Crippen molar-refractivity contribution in [3.05, 3.63) is 84.2 Å². The van der Waals surface area contributed by atoms with E-state index in [4.69, 9.17) is 15.5 Å². The van der Waals surface area contributed by atoms with Crippen LogP contribution in [0, 0.1) is 0 Å². The monoisotopic (exact) mass is 468 g/mol. The Labute approximate surface area is 194 Å². The molecule has 0 aliphatic rings. The summed E-state index contributed by atoms with van der Waals surface area (Å²) in [7, 11) is 0. The van der Waals surface area contributed by atoms with Crippen LogP contribution in [-0.4, -0.2) is 21.5 Å². The van der Waals surface area contributed by atoms with Crippen LogP contribution in [0.15, 0.2) is 72.8 Å². The fourth-order valence-electron chi connectivity index (χ4n) is 3.65. The Morgan fingerprint density at radius 2 is 1.56 bits per heavy atom. The Morgan fingerprint density at radius 3 is 2.15 bits per heavy atom. The van der Waals surface area contributed by atoms with Gasteiger partial charge in [-0.15, -0.1) is 0 Å². The Hall–Kier alpha value is -3.85. The van der Waals surface area contributed by atoms with E-state index in [1.54, 1.807) is 19.1 Å². The van der Waals surface area contributed by atoms with Gasteiger partial charge in [0.05, 0.1) is 28.7 Å². The summed E-state index contributed by atoms with van der Waals surface area (Å²) >= 11 is 0. The van der Waals surface area contributed by atoms with Gasteiger partial charge < -0.3 is 10.5 Å². The maximum atomic E-state index is 12.8. The second-order valence-electron chi connectivity index (χ2n) is 7.92. The molecule has 3 aromatic carbocycles. The molecule has 6 nitrogen and oxygen atoms in total. The standard InChI is InChI=1S/C25H23F3N4O2/c1-15(23(29)33)30-16(2)24-31-21-5-3-4-6-22(21)32(24)18-9-13-20(14-10-18)34-19-11-7-17(8-12-19)25(26,27)28/h3-16,30H,1-2H3,(H2,29,33). The first-order valence-electron chi connectivity index (χ1n) is 10.6. The Kier molecular flexibility index (Phi) is 6.30. The van der Waals surface area contributed by atoms with Crippen LogP contribution in [0.2, 0.25) is 0 Å². The van der Waals surface area contributed by atoms with E-state index in [2.05, 4.69) is 5.32 Å². The lowest BCUT2D eigenvalue weighted by molar-refractivity contribution is -0.137. The molecule has 0 aliphatic heterocycles. The third-order valence-corrected chi connectivity index (χ3v) is 5.41. The molecule has 2 atom stereocenters. The minimum absolute atomic E-state index is 0.280. The number of hydrogen-bond donors (Lipinski definition) is 2. The molecule has 4 rings (SSSR count). The van der Waals surface area contributed by atoms with E-state index in [-0.39, 0.29) is 6.04 Å². The zero-order valence-electron chi connectivity index (χ0n) is 18.5. The van der Waals surface area contributed by atoms with Gasteiger partial charge in [-0.1, -0.05) is 12.1 Å². The van der Waals surface area contributed by atoms with E-state index in [1.807, 2.05) is 47.9 Å². The first kappa shape index (κ1) is 23.3. The summed E-state index contributed by atoms with van der Waals surface area (Å²) in [6, 6.07) is 18.5. The number of halogens is 3. The lowest BCUT2D eigenvalue weighted by Crippen LogP contribution is -2.40. The number of nitrogens with one attached hydrogen (secondary N) is 1. The highest BCUT2D eigenvalue weighted by molar-refractivity contribution is 5.80. The van der Waals surface area contributed by atoms with Crippen molar-refractivity contribution >= 4 is 16.9 Å². The molecule has 4 aromatic rings. The zero-order chi connectivity index (χ0) is 24.5. The molecule has 0 fully saturated rings. The van der Waals surface area contributed by atoms with Gasteiger partial charge in [-0.05, 0) is 74.5 Å². The second-order valence-corrected chi connectivity index (χ2v) is 7.92. The predicted octanol–water partition coefficient (Wildman–Crippen LogP) is 5.36. The zero-order valence-corrected chi connectivity index (χ0v) is 18.5. The number of imidazole rings is 1. The molecule has 2 unspecified atom stereocenters. The lowest BCUT2D eigenvalue weighted by Gasteiger charge is -2.19. The van der Waals surface area contributed by atoms with Crippen molar-refractivity contribution in [3.63, 3.8) is 0 Å². The van der Waals surface area contributed by atoms with Gasteiger partial charge in [0.1, 0.15) is 17.3 Å². The molecular formula is C25H23F3N4O2. The van der Waals surface area contributed by atoms with Crippen LogP contribution in [0.25, 0.3) is 16.7 Å². The number of alkyl halides is 3. The van der Waals surface area contributed by atoms with Crippen molar-refractivity contribution < 1.29 is 22.7 Å². The maximum Gasteiger partial charge on any atom is 0.416 e. The van der Waals surface area contributed by atoms with Crippen molar-refractivity contribution in [2.75, 3.05) is 0 Å². The van der Waals surface area contributed by atoms with Crippen LogP contribution in [-0.2, 0) is 11.0 Å². The number of fused-ring (bicyclic) bond motifs is 1. The van der Waals surface area contributed by atoms with E-state index in [0.29, 0.717) is 17.3 Å². The van der Waals surface area contributed by atoms with Gasteiger partial charge in [0.2, 0.25) is 5.91 Å². The molecule has 176 valence electrons. The average molecular weight is 468 g/mol. The fraction of sp³-hybridized carbons (Fsp3) is 0.200. The molecule has 9 heteroatoms. The Morgan fingerprint density at radius 1 is 0.971 bits per heavy atom. The van der Waals surface area contributed by atoms with Gasteiger partial charge in [-0.2, -0.15) is 13.2 Å². The number of carbonyl (C=O) groups is 1. The molecular weight excluding hydrogens is 445 g/mol. The number of carbonyl (C=O) groups excluding carboxylic acids is 1. The second kappa shape index (κ2) is 9.18. The number of primary amides is 1. The Balaban J connectivity index is 1.62. The smallest absolute Gasteiger partial charge is 0.416 e. The molecule has 3 N–H and O–H groups in total. The molecule has 0 bridgehead atoms. The first-order chi connectivity index (χ1) is 16.1. The van der Waals surface area contributed by atoms with Crippen LogP contribution in [0.1, 0.15) is 31.3 Å². The largest absolute Gasteiger partial charge is 0.457 e. The summed E-state index contributed by atoms with van der Waals surface area (Å²) in [4.78, 5) is 16.3. The van der Waals surface area contributed by atoms with E-state index in [0.717, 1.165) is 28.9 Å². The molecule has 1 aromatic heterocycles. The topological polar surface area (TPSA) is 82.2 Å². The van der Waals surface area contributed by atoms with Gasteiger partial charge in [-0.25, -0.2) is 4.98 Å². The normalized spacial score (nSPS) is 13.6. The lowest BCUT2D eigenvalue weighted by atomic mass is 10.2. The highest BCUT2D eigenvalue weighted by atomic mass is 19.4. The average Bonchev–Trinajstić information content (AvgIpc) is 3.19. The van der Waals surface area contributed by atoms with E-state index in [1.165, 1.54) is 12.1 Å². The minimum Gasteiger partial charge on any atom is -0.457 e. The number of hydrogen-bond acceptors (Lipinski definition) is 4. The van der Waals surface area contributed by atoms with Crippen molar-refractivity contribution in [1.29, 1.82) is 0 Å².